The molecular weight excluding hydrogens is 805 g/mol. The number of rotatable bonds is 10. The zero-order chi connectivity index (χ0) is 44.8. The third-order valence-corrected chi connectivity index (χ3v) is 11.8. The van der Waals surface area contributed by atoms with Gasteiger partial charge in [0.05, 0.1) is 11.7 Å². The predicted molar refractivity (Wildman–Crippen MR) is 280 cm³/mol. The molecule has 0 unspecified atom stereocenters. The van der Waals surface area contributed by atoms with Crippen LogP contribution >= 0.6 is 11.7 Å². The van der Waals surface area contributed by atoms with E-state index in [0.29, 0.717) is 0 Å². The number of benzene rings is 9. The van der Waals surface area contributed by atoms with Crippen molar-refractivity contribution >= 4 is 45.1 Å². The Morgan fingerprint density at radius 3 is 0.662 bits per heavy atom. The molecule has 9 aromatic carbocycles. The molecule has 0 fully saturated rings. The molecule has 0 saturated carbocycles. The van der Waals surface area contributed by atoms with Crippen LogP contribution in [0.2, 0.25) is 0 Å². The van der Waals surface area contributed by atoms with E-state index in [-0.39, 0.29) is 0 Å². The lowest BCUT2D eigenvalue weighted by atomic mass is 9.85. The molecule has 1 aromatic heterocycles. The Morgan fingerprint density at radius 1 is 0.246 bits per heavy atom. The molecule has 0 aliphatic rings. The molecule has 3 heteroatoms. The normalized spacial score (nSPS) is 10.5. The highest BCUT2D eigenvalue weighted by Crippen LogP contribution is 2.41. The molecule has 0 amide bonds. The fourth-order valence-corrected chi connectivity index (χ4v) is 8.99. The summed E-state index contributed by atoms with van der Waals surface area (Å²) in [5.41, 5.74) is 20.3. The standard InChI is InChI=1S/C58H40N2S.2C2H6/c1-7-19-43(20-8-1)53(44-21-9-2-10-22-44)55(47-27-15-5-16-28-47)49-35-31-41(32-36-49)51-39-40-52(58-57(51)59-61-60-58)42-33-37-50(38-34-42)56(48-29-17-6-18-30-48)54(45-23-11-3-12-24-45)46-25-13-4-14-26-46;2*1-2/h1-40H;2*1-2H3. The van der Waals surface area contributed by atoms with E-state index in [1.165, 1.54) is 67.4 Å². The second-order valence-corrected chi connectivity index (χ2v) is 15.5. The Hall–Kier alpha value is -7.72. The van der Waals surface area contributed by atoms with Crippen molar-refractivity contribution in [3.8, 4) is 22.3 Å². The first kappa shape index (κ1) is 43.9. The molecular formula is C62H52N2S. The summed E-state index contributed by atoms with van der Waals surface area (Å²) in [6.07, 6.45) is 0. The summed E-state index contributed by atoms with van der Waals surface area (Å²) in [4.78, 5) is 0. The van der Waals surface area contributed by atoms with E-state index in [4.69, 9.17) is 8.75 Å². The summed E-state index contributed by atoms with van der Waals surface area (Å²) in [5, 5.41) is 0. The van der Waals surface area contributed by atoms with Crippen molar-refractivity contribution in [1.29, 1.82) is 0 Å². The van der Waals surface area contributed by atoms with Crippen LogP contribution in [0.4, 0.5) is 0 Å². The maximum absolute atomic E-state index is 4.88. The number of nitrogens with zero attached hydrogens (tertiary/aromatic N) is 2. The minimum absolute atomic E-state index is 0.910. The summed E-state index contributed by atoms with van der Waals surface area (Å²) in [7, 11) is 0. The van der Waals surface area contributed by atoms with Gasteiger partial charge in [-0.05, 0) is 77.9 Å². The smallest absolute Gasteiger partial charge is 0.113 e. The van der Waals surface area contributed by atoms with Crippen molar-refractivity contribution in [1.82, 2.24) is 8.75 Å². The third-order valence-electron chi connectivity index (χ3n) is 11.3. The first-order chi connectivity index (χ1) is 32.3. The quantitative estimate of drug-likeness (QED) is 0.128. The van der Waals surface area contributed by atoms with Gasteiger partial charge >= 0.3 is 0 Å². The molecule has 0 aliphatic heterocycles. The molecule has 1 heterocycles. The van der Waals surface area contributed by atoms with Crippen molar-refractivity contribution < 1.29 is 0 Å². The zero-order valence-electron chi connectivity index (χ0n) is 37.4. The van der Waals surface area contributed by atoms with Gasteiger partial charge in [-0.15, -0.1) is 0 Å². The van der Waals surface area contributed by atoms with Crippen LogP contribution in [0.5, 0.6) is 0 Å². The lowest BCUT2D eigenvalue weighted by Crippen LogP contribution is -1.97. The highest BCUT2D eigenvalue weighted by Gasteiger charge is 2.20. The number of hydrogen-bond acceptors (Lipinski definition) is 3. The van der Waals surface area contributed by atoms with Crippen molar-refractivity contribution in [3.05, 3.63) is 287 Å². The highest BCUT2D eigenvalue weighted by molar-refractivity contribution is 7.00. The van der Waals surface area contributed by atoms with Crippen molar-refractivity contribution in [3.63, 3.8) is 0 Å². The third kappa shape index (κ3) is 9.62. The van der Waals surface area contributed by atoms with Gasteiger partial charge in [-0.1, -0.05) is 270 Å². The van der Waals surface area contributed by atoms with Gasteiger partial charge in [0.1, 0.15) is 11.0 Å². The fourth-order valence-electron chi connectivity index (χ4n) is 8.42. The van der Waals surface area contributed by atoms with Gasteiger partial charge in [0.2, 0.25) is 0 Å². The summed E-state index contributed by atoms with van der Waals surface area (Å²) in [5.74, 6) is 0. The van der Waals surface area contributed by atoms with Crippen LogP contribution in [-0.2, 0) is 0 Å². The van der Waals surface area contributed by atoms with Crippen LogP contribution in [0.25, 0.3) is 55.6 Å². The average Bonchev–Trinajstić information content (AvgIpc) is 3.90. The Kier molecular flexibility index (Phi) is 14.6. The largest absolute Gasteiger partial charge is 0.172 e. The van der Waals surface area contributed by atoms with Gasteiger partial charge in [0.25, 0.3) is 0 Å². The van der Waals surface area contributed by atoms with E-state index < -0.39 is 0 Å². The summed E-state index contributed by atoms with van der Waals surface area (Å²) in [6.45, 7) is 8.00. The zero-order valence-corrected chi connectivity index (χ0v) is 38.2. The molecule has 0 spiro atoms. The topological polar surface area (TPSA) is 25.8 Å². The van der Waals surface area contributed by atoms with E-state index in [1.54, 1.807) is 0 Å². The van der Waals surface area contributed by atoms with E-state index >= 15 is 0 Å². The van der Waals surface area contributed by atoms with E-state index in [2.05, 4.69) is 243 Å². The Bertz CT molecular complexity index is 2800. The van der Waals surface area contributed by atoms with Crippen molar-refractivity contribution in [2.45, 2.75) is 27.7 Å². The minimum atomic E-state index is 0.910. The molecule has 316 valence electrons. The van der Waals surface area contributed by atoms with Gasteiger partial charge < -0.3 is 0 Å². The Labute approximate surface area is 388 Å². The first-order valence-corrected chi connectivity index (χ1v) is 23.3. The molecule has 0 bridgehead atoms. The second-order valence-electron chi connectivity index (χ2n) is 15.0. The molecule has 0 saturated heterocycles. The van der Waals surface area contributed by atoms with Crippen LogP contribution in [-0.4, -0.2) is 8.75 Å². The van der Waals surface area contributed by atoms with Gasteiger partial charge in [-0.2, -0.15) is 8.75 Å². The molecule has 65 heavy (non-hydrogen) atoms. The van der Waals surface area contributed by atoms with Crippen LogP contribution in [0.3, 0.4) is 0 Å². The van der Waals surface area contributed by atoms with E-state index in [0.717, 1.165) is 44.4 Å². The first-order valence-electron chi connectivity index (χ1n) is 22.6. The summed E-state index contributed by atoms with van der Waals surface area (Å²) < 4.78 is 9.77. The SMILES string of the molecule is CC.CC.c1ccc(C(=C(c2ccccc2)c2ccc(-c3ccc(-c4ccc(C(=C(c5ccccc5)c5ccccc5)c5ccccc5)cc4)c4nsnc34)cc2)c2ccccc2)cc1. The molecule has 0 aliphatic carbocycles. The molecule has 0 N–H and O–H groups in total. The molecule has 0 radical (unpaired) electrons. The maximum atomic E-state index is 4.88. The predicted octanol–water partition coefficient (Wildman–Crippen LogP) is 17.1. The molecule has 2 nitrogen and oxygen atoms in total. The van der Waals surface area contributed by atoms with Crippen LogP contribution in [0.1, 0.15) is 72.2 Å². The van der Waals surface area contributed by atoms with Crippen LogP contribution in [0, 0.1) is 0 Å². The fraction of sp³-hybridized carbons (Fsp3) is 0.0645. The molecule has 10 rings (SSSR count). The summed E-state index contributed by atoms with van der Waals surface area (Å²) >= 11 is 1.26. The van der Waals surface area contributed by atoms with Gasteiger partial charge in [-0.3, -0.25) is 0 Å². The average molecular weight is 857 g/mol. The number of aromatic nitrogens is 2. The minimum Gasteiger partial charge on any atom is -0.172 e. The van der Waals surface area contributed by atoms with Gasteiger partial charge in [-0.25, -0.2) is 0 Å². The van der Waals surface area contributed by atoms with Gasteiger partial charge in [0.15, 0.2) is 0 Å². The van der Waals surface area contributed by atoms with Crippen LogP contribution in [0.15, 0.2) is 243 Å². The second kappa shape index (κ2) is 21.6. The number of hydrogen-bond donors (Lipinski definition) is 0. The maximum Gasteiger partial charge on any atom is 0.113 e. The van der Waals surface area contributed by atoms with Crippen molar-refractivity contribution in [2.75, 3.05) is 0 Å². The molecule has 0 atom stereocenters. The number of fused-ring (bicyclic) bond motifs is 1. The molecule has 10 aromatic rings. The Morgan fingerprint density at radius 2 is 0.446 bits per heavy atom. The van der Waals surface area contributed by atoms with Gasteiger partial charge in [0, 0.05) is 11.1 Å². The van der Waals surface area contributed by atoms with E-state index in [1.807, 2.05) is 27.7 Å². The van der Waals surface area contributed by atoms with E-state index in [9.17, 15) is 0 Å². The van der Waals surface area contributed by atoms with Crippen LogP contribution < -0.4 is 0 Å². The lowest BCUT2D eigenvalue weighted by Gasteiger charge is -2.18. The Balaban J connectivity index is 0.00000140. The lowest BCUT2D eigenvalue weighted by molar-refractivity contribution is 1.49. The highest BCUT2D eigenvalue weighted by atomic mass is 32.1. The summed E-state index contributed by atoms with van der Waals surface area (Å²) in [6, 6.07) is 86.5. The van der Waals surface area contributed by atoms with Crippen molar-refractivity contribution in [2.24, 2.45) is 0 Å². The monoisotopic (exact) mass is 856 g/mol.